The summed E-state index contributed by atoms with van der Waals surface area (Å²) in [5.41, 5.74) is 4.08. The number of fused-ring (bicyclic) bond motifs is 1. The minimum Gasteiger partial charge on any atom is -0.342 e. The minimum atomic E-state index is 0.116. The summed E-state index contributed by atoms with van der Waals surface area (Å²) in [7, 11) is 0. The molecule has 0 radical (unpaired) electrons. The number of imidazole rings is 1. The van der Waals surface area contributed by atoms with Crippen LogP contribution in [0, 0.1) is 5.92 Å². The lowest BCUT2D eigenvalue weighted by atomic mass is 10.0. The number of carbonyl (C=O) groups excluding carboxylic acids is 1. The molecule has 3 aromatic rings. The van der Waals surface area contributed by atoms with Gasteiger partial charge in [-0.3, -0.25) is 4.79 Å². The van der Waals surface area contributed by atoms with Gasteiger partial charge in [-0.05, 0) is 42.5 Å². The van der Waals surface area contributed by atoms with Crippen molar-refractivity contribution in [3.8, 4) is 0 Å². The van der Waals surface area contributed by atoms with Crippen LogP contribution in [0.4, 0.5) is 5.69 Å². The van der Waals surface area contributed by atoms with Crippen molar-refractivity contribution in [1.29, 1.82) is 0 Å². The van der Waals surface area contributed by atoms with E-state index < -0.39 is 0 Å². The van der Waals surface area contributed by atoms with Gasteiger partial charge in [0.25, 0.3) is 0 Å². The maximum atomic E-state index is 12.2. The second-order valence-electron chi connectivity index (χ2n) is 7.64. The van der Waals surface area contributed by atoms with Gasteiger partial charge >= 0.3 is 0 Å². The van der Waals surface area contributed by atoms with Crippen LogP contribution in [0.15, 0.2) is 48.5 Å². The third-order valence-electron chi connectivity index (χ3n) is 5.56. The van der Waals surface area contributed by atoms with Gasteiger partial charge in [0.05, 0.1) is 11.0 Å². The summed E-state index contributed by atoms with van der Waals surface area (Å²) in [6.07, 6.45) is 8.71. The van der Waals surface area contributed by atoms with E-state index in [0.29, 0.717) is 6.42 Å². The van der Waals surface area contributed by atoms with Gasteiger partial charge in [-0.2, -0.15) is 0 Å². The van der Waals surface area contributed by atoms with Gasteiger partial charge in [-0.25, -0.2) is 4.98 Å². The SMILES string of the molecule is O=C(CCC1CCCC1)Nc1ccc2nc(CCc3ccccc3)[nH]c2c1. The van der Waals surface area contributed by atoms with E-state index in [2.05, 4.69) is 39.6 Å². The summed E-state index contributed by atoms with van der Waals surface area (Å²) in [6, 6.07) is 16.4. The Hall–Kier alpha value is -2.62. The molecule has 1 heterocycles. The molecule has 1 aliphatic carbocycles. The van der Waals surface area contributed by atoms with Crippen LogP contribution in [0.3, 0.4) is 0 Å². The van der Waals surface area contributed by atoms with Crippen molar-refractivity contribution < 1.29 is 4.79 Å². The Bertz CT molecular complexity index is 894. The highest BCUT2D eigenvalue weighted by molar-refractivity contribution is 5.93. The van der Waals surface area contributed by atoms with E-state index in [1.165, 1.54) is 31.2 Å². The number of carbonyl (C=O) groups is 1. The number of nitrogens with one attached hydrogen (secondary N) is 2. The minimum absolute atomic E-state index is 0.116. The first kappa shape index (κ1) is 17.8. The number of H-pyrrole nitrogens is 1. The number of hydrogen-bond acceptors (Lipinski definition) is 2. The third-order valence-corrected chi connectivity index (χ3v) is 5.56. The fourth-order valence-corrected chi connectivity index (χ4v) is 4.02. The number of aryl methyl sites for hydroxylation is 2. The van der Waals surface area contributed by atoms with Crippen LogP contribution in [0.2, 0.25) is 0 Å². The van der Waals surface area contributed by atoms with Crippen LogP contribution in [0.1, 0.15) is 49.9 Å². The second-order valence-corrected chi connectivity index (χ2v) is 7.64. The maximum absolute atomic E-state index is 12.2. The van der Waals surface area contributed by atoms with Gasteiger partial charge in [-0.15, -0.1) is 0 Å². The first-order chi connectivity index (χ1) is 13.3. The number of aromatic amines is 1. The molecule has 0 bridgehead atoms. The van der Waals surface area contributed by atoms with Gasteiger partial charge in [0, 0.05) is 18.5 Å². The lowest BCUT2D eigenvalue weighted by Gasteiger charge is -2.09. The van der Waals surface area contributed by atoms with Crippen molar-refractivity contribution in [2.45, 2.75) is 51.4 Å². The Kier molecular flexibility index (Phi) is 5.52. The molecule has 0 atom stereocenters. The Labute approximate surface area is 160 Å². The highest BCUT2D eigenvalue weighted by Gasteiger charge is 2.16. The number of hydrogen-bond donors (Lipinski definition) is 2. The molecule has 140 valence electrons. The monoisotopic (exact) mass is 361 g/mol. The summed E-state index contributed by atoms with van der Waals surface area (Å²) >= 11 is 0. The van der Waals surface area contributed by atoms with Gasteiger partial charge in [0.15, 0.2) is 0 Å². The molecule has 27 heavy (non-hydrogen) atoms. The molecule has 2 aromatic carbocycles. The topological polar surface area (TPSA) is 57.8 Å². The zero-order chi connectivity index (χ0) is 18.5. The number of benzene rings is 2. The average Bonchev–Trinajstić information content (AvgIpc) is 3.34. The fraction of sp³-hybridized carbons (Fsp3) is 0.391. The molecular weight excluding hydrogens is 334 g/mol. The summed E-state index contributed by atoms with van der Waals surface area (Å²) < 4.78 is 0. The Balaban J connectivity index is 1.34. The number of amides is 1. The molecule has 1 fully saturated rings. The van der Waals surface area contributed by atoms with Crippen LogP contribution in [-0.4, -0.2) is 15.9 Å². The molecule has 2 N–H and O–H groups in total. The molecule has 1 saturated carbocycles. The number of rotatable bonds is 7. The van der Waals surface area contributed by atoms with Crippen molar-refractivity contribution in [2.75, 3.05) is 5.32 Å². The molecule has 0 saturated heterocycles. The van der Waals surface area contributed by atoms with E-state index in [0.717, 1.165) is 47.7 Å². The van der Waals surface area contributed by atoms with Crippen LogP contribution in [0.25, 0.3) is 11.0 Å². The fourth-order valence-electron chi connectivity index (χ4n) is 4.02. The van der Waals surface area contributed by atoms with Crippen molar-refractivity contribution in [3.63, 3.8) is 0 Å². The van der Waals surface area contributed by atoms with E-state index in [9.17, 15) is 4.79 Å². The zero-order valence-corrected chi connectivity index (χ0v) is 15.7. The molecule has 4 heteroatoms. The van der Waals surface area contributed by atoms with E-state index in [1.54, 1.807) is 0 Å². The molecule has 4 rings (SSSR count). The van der Waals surface area contributed by atoms with Crippen molar-refractivity contribution >= 4 is 22.6 Å². The van der Waals surface area contributed by atoms with Crippen molar-refractivity contribution in [1.82, 2.24) is 9.97 Å². The third kappa shape index (κ3) is 4.76. The van der Waals surface area contributed by atoms with Gasteiger partial charge in [0.2, 0.25) is 5.91 Å². The molecule has 0 spiro atoms. The first-order valence-corrected chi connectivity index (χ1v) is 10.1. The average molecular weight is 361 g/mol. The smallest absolute Gasteiger partial charge is 0.224 e. The van der Waals surface area contributed by atoms with Gasteiger partial charge in [0.1, 0.15) is 5.82 Å². The Morgan fingerprint density at radius 2 is 1.89 bits per heavy atom. The molecule has 4 nitrogen and oxygen atoms in total. The summed E-state index contributed by atoms with van der Waals surface area (Å²) in [6.45, 7) is 0. The van der Waals surface area contributed by atoms with E-state index in [1.807, 2.05) is 24.3 Å². The van der Waals surface area contributed by atoms with Crippen molar-refractivity contribution in [3.05, 3.63) is 59.9 Å². The van der Waals surface area contributed by atoms with Gasteiger partial charge < -0.3 is 10.3 Å². The molecule has 1 aromatic heterocycles. The zero-order valence-electron chi connectivity index (χ0n) is 15.7. The van der Waals surface area contributed by atoms with E-state index in [-0.39, 0.29) is 5.91 Å². The molecule has 1 aliphatic rings. The highest BCUT2D eigenvalue weighted by Crippen LogP contribution is 2.28. The quantitative estimate of drug-likeness (QED) is 0.603. The lowest BCUT2D eigenvalue weighted by Crippen LogP contribution is -2.12. The normalized spacial score (nSPS) is 14.7. The summed E-state index contributed by atoms with van der Waals surface area (Å²) in [5.74, 6) is 1.85. The van der Waals surface area contributed by atoms with E-state index in [4.69, 9.17) is 0 Å². The van der Waals surface area contributed by atoms with E-state index >= 15 is 0 Å². The molecule has 0 unspecified atom stereocenters. The molecule has 0 aliphatic heterocycles. The number of aromatic nitrogens is 2. The predicted molar refractivity (Wildman–Crippen MR) is 110 cm³/mol. The first-order valence-electron chi connectivity index (χ1n) is 10.1. The standard InChI is InChI=1S/C23H27N3O/c27-23(15-11-18-8-4-5-9-18)24-19-12-13-20-21(16-19)26-22(25-20)14-10-17-6-2-1-3-7-17/h1-3,6-7,12-13,16,18H,4-5,8-11,14-15H2,(H,24,27)(H,25,26). The van der Waals surface area contributed by atoms with Gasteiger partial charge in [-0.1, -0.05) is 56.0 Å². The molecule has 1 amide bonds. The number of anilines is 1. The molecular formula is C23H27N3O. The Morgan fingerprint density at radius 3 is 2.70 bits per heavy atom. The predicted octanol–water partition coefficient (Wildman–Crippen LogP) is 5.26. The summed E-state index contributed by atoms with van der Waals surface area (Å²) in [5, 5.41) is 3.04. The number of nitrogens with zero attached hydrogens (tertiary/aromatic N) is 1. The maximum Gasteiger partial charge on any atom is 0.224 e. The largest absolute Gasteiger partial charge is 0.342 e. The second kappa shape index (κ2) is 8.38. The van der Waals surface area contributed by atoms with Crippen LogP contribution >= 0.6 is 0 Å². The Morgan fingerprint density at radius 1 is 1.07 bits per heavy atom. The summed E-state index contributed by atoms with van der Waals surface area (Å²) in [4.78, 5) is 20.3. The van der Waals surface area contributed by atoms with Crippen LogP contribution < -0.4 is 5.32 Å². The van der Waals surface area contributed by atoms with Crippen molar-refractivity contribution in [2.24, 2.45) is 5.92 Å². The van der Waals surface area contributed by atoms with Crippen LogP contribution in [0.5, 0.6) is 0 Å². The van der Waals surface area contributed by atoms with Crippen LogP contribution in [-0.2, 0) is 17.6 Å². The highest BCUT2D eigenvalue weighted by atomic mass is 16.1. The lowest BCUT2D eigenvalue weighted by molar-refractivity contribution is -0.116.